The first kappa shape index (κ1) is 13.7. The minimum atomic E-state index is -0.271. The Bertz CT molecular complexity index is 558. The number of halogens is 2. The maximum atomic E-state index is 11.6. The van der Waals surface area contributed by atoms with Gasteiger partial charge in [0.05, 0.1) is 11.6 Å². The molecule has 7 heteroatoms. The number of nitrogens with zero attached hydrogens (tertiary/aromatic N) is 1. The lowest BCUT2D eigenvalue weighted by Crippen LogP contribution is -2.28. The summed E-state index contributed by atoms with van der Waals surface area (Å²) in [4.78, 5) is 18.4. The highest BCUT2D eigenvalue weighted by atomic mass is 35.5. The number of hydrogen-bond acceptors (Lipinski definition) is 3. The van der Waals surface area contributed by atoms with E-state index in [-0.39, 0.29) is 12.5 Å². The van der Waals surface area contributed by atoms with Gasteiger partial charge in [-0.05, 0) is 12.1 Å². The molecule has 1 aromatic carbocycles. The maximum absolute atomic E-state index is 11.6. The maximum Gasteiger partial charge on any atom is 0.258 e. The number of rotatable bonds is 5. The summed E-state index contributed by atoms with van der Waals surface area (Å²) in [6.45, 7) is 0.180. The lowest BCUT2D eigenvalue weighted by atomic mass is 10.3. The van der Waals surface area contributed by atoms with E-state index in [1.54, 1.807) is 30.6 Å². The molecular formula is C12H11Cl2N3O2. The molecule has 0 spiro atoms. The van der Waals surface area contributed by atoms with Crippen molar-refractivity contribution in [2.75, 3.05) is 6.61 Å². The van der Waals surface area contributed by atoms with E-state index in [2.05, 4.69) is 15.3 Å². The fourth-order valence-corrected chi connectivity index (χ4v) is 1.69. The van der Waals surface area contributed by atoms with Gasteiger partial charge in [-0.1, -0.05) is 23.2 Å². The standard InChI is InChI=1S/C12H11Cl2N3O2/c13-8-1-2-9(14)10(5-8)19-7-12(18)17-6-11-15-3-4-16-11/h1-5H,6-7H2,(H,15,16)(H,17,18). The monoisotopic (exact) mass is 299 g/mol. The summed E-state index contributed by atoms with van der Waals surface area (Å²) in [6.07, 6.45) is 3.30. The van der Waals surface area contributed by atoms with Crippen molar-refractivity contribution < 1.29 is 9.53 Å². The highest BCUT2D eigenvalue weighted by Crippen LogP contribution is 2.27. The molecule has 0 fully saturated rings. The largest absolute Gasteiger partial charge is 0.482 e. The molecule has 100 valence electrons. The molecule has 0 aliphatic rings. The van der Waals surface area contributed by atoms with E-state index in [1.165, 1.54) is 0 Å². The van der Waals surface area contributed by atoms with Gasteiger partial charge in [0.2, 0.25) is 0 Å². The second-order valence-electron chi connectivity index (χ2n) is 3.68. The van der Waals surface area contributed by atoms with Gasteiger partial charge in [-0.15, -0.1) is 0 Å². The molecule has 0 saturated heterocycles. The molecule has 0 radical (unpaired) electrons. The van der Waals surface area contributed by atoms with Crippen molar-refractivity contribution in [1.29, 1.82) is 0 Å². The lowest BCUT2D eigenvalue weighted by Gasteiger charge is -2.08. The van der Waals surface area contributed by atoms with Gasteiger partial charge in [-0.3, -0.25) is 4.79 Å². The van der Waals surface area contributed by atoms with Crippen LogP contribution in [-0.2, 0) is 11.3 Å². The Morgan fingerprint density at radius 3 is 3.00 bits per heavy atom. The Morgan fingerprint density at radius 1 is 1.42 bits per heavy atom. The third-order valence-electron chi connectivity index (χ3n) is 2.26. The van der Waals surface area contributed by atoms with Crippen LogP contribution in [0.1, 0.15) is 5.82 Å². The van der Waals surface area contributed by atoms with Crippen LogP contribution in [-0.4, -0.2) is 22.5 Å². The number of carbonyl (C=O) groups is 1. The van der Waals surface area contributed by atoms with Crippen LogP contribution in [0, 0.1) is 0 Å². The van der Waals surface area contributed by atoms with Crippen molar-refractivity contribution in [1.82, 2.24) is 15.3 Å². The Kier molecular flexibility index (Phi) is 4.65. The number of nitrogens with one attached hydrogen (secondary N) is 2. The molecule has 1 heterocycles. The van der Waals surface area contributed by atoms with Crippen molar-refractivity contribution in [2.24, 2.45) is 0 Å². The second kappa shape index (κ2) is 6.45. The summed E-state index contributed by atoms with van der Waals surface area (Å²) >= 11 is 11.7. The SMILES string of the molecule is O=C(COc1cc(Cl)ccc1Cl)NCc1ncc[nH]1. The summed E-state index contributed by atoms with van der Waals surface area (Å²) < 4.78 is 5.29. The molecule has 1 aromatic heterocycles. The molecule has 19 heavy (non-hydrogen) atoms. The number of carbonyl (C=O) groups excluding carboxylic acids is 1. The van der Waals surface area contributed by atoms with Gasteiger partial charge in [0, 0.05) is 23.5 Å². The molecule has 0 aliphatic heterocycles. The number of H-pyrrole nitrogens is 1. The van der Waals surface area contributed by atoms with E-state index in [9.17, 15) is 4.79 Å². The van der Waals surface area contributed by atoms with Crippen LogP contribution in [0.15, 0.2) is 30.6 Å². The molecular weight excluding hydrogens is 289 g/mol. The second-order valence-corrected chi connectivity index (χ2v) is 4.52. The molecule has 0 bridgehead atoms. The van der Waals surface area contributed by atoms with Crippen LogP contribution in [0.4, 0.5) is 0 Å². The van der Waals surface area contributed by atoms with Crippen LogP contribution in [0.3, 0.4) is 0 Å². The van der Waals surface area contributed by atoms with E-state index in [0.717, 1.165) is 0 Å². The zero-order chi connectivity index (χ0) is 13.7. The van der Waals surface area contributed by atoms with Gasteiger partial charge in [0.1, 0.15) is 11.6 Å². The number of ether oxygens (including phenoxy) is 1. The van der Waals surface area contributed by atoms with Crippen molar-refractivity contribution in [3.8, 4) is 5.75 Å². The van der Waals surface area contributed by atoms with Crippen LogP contribution >= 0.6 is 23.2 Å². The average molecular weight is 300 g/mol. The summed E-state index contributed by atoms with van der Waals surface area (Å²) in [5.41, 5.74) is 0. The summed E-state index contributed by atoms with van der Waals surface area (Å²) in [5, 5.41) is 3.56. The first-order valence-electron chi connectivity index (χ1n) is 5.48. The smallest absolute Gasteiger partial charge is 0.258 e. The Hall–Kier alpha value is -1.72. The molecule has 5 nitrogen and oxygen atoms in total. The van der Waals surface area contributed by atoms with Crippen LogP contribution in [0.2, 0.25) is 10.0 Å². The first-order chi connectivity index (χ1) is 9.15. The number of imidazole rings is 1. The van der Waals surface area contributed by atoms with E-state index >= 15 is 0 Å². The van der Waals surface area contributed by atoms with Gasteiger partial charge in [0.15, 0.2) is 6.61 Å². The van der Waals surface area contributed by atoms with E-state index < -0.39 is 0 Å². The number of hydrogen-bond donors (Lipinski definition) is 2. The van der Waals surface area contributed by atoms with Gasteiger partial charge >= 0.3 is 0 Å². The van der Waals surface area contributed by atoms with Crippen LogP contribution in [0.25, 0.3) is 0 Å². The summed E-state index contributed by atoms with van der Waals surface area (Å²) in [7, 11) is 0. The van der Waals surface area contributed by atoms with Gasteiger partial charge < -0.3 is 15.0 Å². The molecule has 0 aliphatic carbocycles. The number of aromatic nitrogens is 2. The Morgan fingerprint density at radius 2 is 2.26 bits per heavy atom. The number of benzene rings is 1. The first-order valence-corrected chi connectivity index (χ1v) is 6.23. The van der Waals surface area contributed by atoms with Gasteiger partial charge in [-0.25, -0.2) is 4.98 Å². The third-order valence-corrected chi connectivity index (χ3v) is 2.81. The van der Waals surface area contributed by atoms with Crippen molar-refractivity contribution in [3.63, 3.8) is 0 Å². The average Bonchev–Trinajstić information content (AvgIpc) is 2.90. The molecule has 2 aromatic rings. The minimum Gasteiger partial charge on any atom is -0.482 e. The van der Waals surface area contributed by atoms with Gasteiger partial charge in [-0.2, -0.15) is 0 Å². The summed E-state index contributed by atoms with van der Waals surface area (Å²) in [5.74, 6) is 0.781. The molecule has 0 unspecified atom stereocenters. The van der Waals surface area contributed by atoms with E-state index in [4.69, 9.17) is 27.9 Å². The molecule has 2 rings (SSSR count). The van der Waals surface area contributed by atoms with Crippen LogP contribution in [0.5, 0.6) is 5.75 Å². The molecule has 2 N–H and O–H groups in total. The van der Waals surface area contributed by atoms with Gasteiger partial charge in [0.25, 0.3) is 5.91 Å². The fourth-order valence-electron chi connectivity index (χ4n) is 1.36. The van der Waals surface area contributed by atoms with Crippen molar-refractivity contribution in [3.05, 3.63) is 46.5 Å². The Labute approximate surface area is 119 Å². The quantitative estimate of drug-likeness (QED) is 0.891. The minimum absolute atomic E-state index is 0.138. The fraction of sp³-hybridized carbons (Fsp3) is 0.167. The normalized spacial score (nSPS) is 10.2. The van der Waals surface area contributed by atoms with Crippen molar-refractivity contribution >= 4 is 29.1 Å². The molecule has 1 amide bonds. The highest BCUT2D eigenvalue weighted by molar-refractivity contribution is 6.34. The van der Waals surface area contributed by atoms with Crippen molar-refractivity contribution in [2.45, 2.75) is 6.54 Å². The zero-order valence-corrected chi connectivity index (χ0v) is 11.3. The van der Waals surface area contributed by atoms with E-state index in [1.807, 2.05) is 0 Å². The number of amides is 1. The lowest BCUT2D eigenvalue weighted by molar-refractivity contribution is -0.123. The third kappa shape index (κ3) is 4.15. The predicted octanol–water partition coefficient (Wildman–Crippen LogP) is 2.41. The van der Waals surface area contributed by atoms with E-state index in [0.29, 0.717) is 28.2 Å². The Balaban J connectivity index is 1.81. The molecule has 0 atom stereocenters. The topological polar surface area (TPSA) is 67.0 Å². The number of aromatic amines is 1. The molecule has 0 saturated carbocycles. The van der Waals surface area contributed by atoms with Crippen LogP contribution < -0.4 is 10.1 Å². The zero-order valence-electron chi connectivity index (χ0n) is 9.82. The highest BCUT2D eigenvalue weighted by Gasteiger charge is 2.07. The predicted molar refractivity (Wildman–Crippen MR) is 72.4 cm³/mol. The summed E-state index contributed by atoms with van der Waals surface area (Å²) in [6, 6.07) is 4.82.